The molecule has 0 radical (unpaired) electrons. The lowest BCUT2D eigenvalue weighted by atomic mass is 10.4. The zero-order valence-electron chi connectivity index (χ0n) is 9.07. The summed E-state index contributed by atoms with van der Waals surface area (Å²) in [7, 11) is -3.45. The second kappa shape index (κ2) is 5.11. The van der Waals surface area contributed by atoms with Crippen molar-refractivity contribution >= 4 is 10.0 Å². The molecule has 0 amide bonds. The minimum Gasteiger partial charge on any atom is -0.337 e. The molecule has 0 aliphatic rings. The highest BCUT2D eigenvalue weighted by molar-refractivity contribution is 7.89. The van der Waals surface area contributed by atoms with Gasteiger partial charge in [0.2, 0.25) is 0 Å². The maximum Gasteiger partial charge on any atom is 0.257 e. The van der Waals surface area contributed by atoms with Gasteiger partial charge in [0.15, 0.2) is 5.03 Å². The lowest BCUT2D eigenvalue weighted by molar-refractivity contribution is 0.567. The van der Waals surface area contributed by atoms with Crippen LogP contribution in [0.1, 0.15) is 6.42 Å². The molecule has 2 rings (SSSR count). The van der Waals surface area contributed by atoms with Crippen LogP contribution in [0.25, 0.3) is 0 Å². The number of hydrogen-bond acceptors (Lipinski definition) is 4. The van der Waals surface area contributed by atoms with Gasteiger partial charge in [-0.25, -0.2) is 23.1 Å². The summed E-state index contributed by atoms with van der Waals surface area (Å²) in [5.41, 5.74) is 0. The van der Waals surface area contributed by atoms with Crippen LogP contribution in [-0.4, -0.2) is 34.5 Å². The van der Waals surface area contributed by atoms with Crippen LogP contribution in [0.5, 0.6) is 0 Å². The van der Waals surface area contributed by atoms with Crippen molar-refractivity contribution in [1.82, 2.24) is 24.2 Å². The molecule has 0 atom stereocenters. The number of nitrogens with one attached hydrogen (secondary N) is 2. The van der Waals surface area contributed by atoms with Gasteiger partial charge in [-0.15, -0.1) is 0 Å². The molecule has 0 aromatic carbocycles. The molecule has 0 fully saturated rings. The van der Waals surface area contributed by atoms with Gasteiger partial charge in [-0.2, -0.15) is 0 Å². The molecule has 0 aliphatic heterocycles. The lowest BCUT2D eigenvalue weighted by Crippen LogP contribution is -2.25. The normalized spacial score (nSPS) is 11.8. The van der Waals surface area contributed by atoms with Crippen molar-refractivity contribution < 1.29 is 8.42 Å². The molecule has 0 saturated heterocycles. The molecule has 0 spiro atoms. The van der Waals surface area contributed by atoms with Crippen molar-refractivity contribution in [1.29, 1.82) is 0 Å². The average molecular weight is 255 g/mol. The Morgan fingerprint density at radius 3 is 2.94 bits per heavy atom. The minimum absolute atomic E-state index is 0.0835. The van der Waals surface area contributed by atoms with Gasteiger partial charge in [0, 0.05) is 25.5 Å². The van der Waals surface area contributed by atoms with Gasteiger partial charge in [-0.05, 0) is 6.42 Å². The number of aromatic amines is 1. The molecule has 0 bridgehead atoms. The fourth-order valence-corrected chi connectivity index (χ4v) is 2.33. The SMILES string of the molecule is O=S(=O)(NCCCn1ccnc1)c1cnc[nH]1. The number of rotatable bonds is 6. The third-order valence-corrected chi connectivity index (χ3v) is 3.59. The Kier molecular flexibility index (Phi) is 3.55. The largest absolute Gasteiger partial charge is 0.337 e. The minimum atomic E-state index is -3.45. The molecular weight excluding hydrogens is 242 g/mol. The van der Waals surface area contributed by atoms with Crippen LogP contribution < -0.4 is 4.72 Å². The molecule has 92 valence electrons. The molecule has 8 heteroatoms. The van der Waals surface area contributed by atoms with Crippen molar-refractivity contribution in [2.24, 2.45) is 0 Å². The Labute approximate surface area is 99.0 Å². The quantitative estimate of drug-likeness (QED) is 0.709. The molecule has 0 aliphatic carbocycles. The monoisotopic (exact) mass is 255 g/mol. The second-order valence-electron chi connectivity index (χ2n) is 3.47. The van der Waals surface area contributed by atoms with Crippen molar-refractivity contribution in [3.05, 3.63) is 31.2 Å². The smallest absolute Gasteiger partial charge is 0.257 e. The molecule has 0 unspecified atom stereocenters. The van der Waals surface area contributed by atoms with E-state index in [1.807, 2.05) is 10.8 Å². The number of nitrogens with zero attached hydrogens (tertiary/aromatic N) is 3. The van der Waals surface area contributed by atoms with Crippen molar-refractivity contribution in [3.8, 4) is 0 Å². The van der Waals surface area contributed by atoms with E-state index in [1.54, 1.807) is 12.5 Å². The van der Waals surface area contributed by atoms with E-state index in [4.69, 9.17) is 0 Å². The van der Waals surface area contributed by atoms with Gasteiger partial charge in [-0.1, -0.05) is 0 Å². The number of sulfonamides is 1. The van der Waals surface area contributed by atoms with E-state index in [0.29, 0.717) is 13.0 Å². The number of H-pyrrole nitrogens is 1. The van der Waals surface area contributed by atoms with Gasteiger partial charge in [0.1, 0.15) is 0 Å². The zero-order valence-corrected chi connectivity index (χ0v) is 9.89. The molecule has 2 N–H and O–H groups in total. The molecule has 7 nitrogen and oxygen atoms in total. The van der Waals surface area contributed by atoms with Crippen molar-refractivity contribution in [2.45, 2.75) is 18.0 Å². The summed E-state index contributed by atoms with van der Waals surface area (Å²) in [6, 6.07) is 0. The maximum atomic E-state index is 11.7. The summed E-state index contributed by atoms with van der Waals surface area (Å²) < 4.78 is 27.7. The zero-order chi connectivity index (χ0) is 12.1. The fraction of sp³-hybridized carbons (Fsp3) is 0.333. The third-order valence-electron chi connectivity index (χ3n) is 2.21. The number of hydrogen-bond donors (Lipinski definition) is 2. The molecule has 2 aromatic rings. The van der Waals surface area contributed by atoms with Crippen LogP contribution in [0.15, 0.2) is 36.3 Å². The van der Waals surface area contributed by atoms with Crippen LogP contribution in [0, 0.1) is 0 Å². The Bertz CT molecular complexity index is 532. The summed E-state index contributed by atoms with van der Waals surface area (Å²) in [5.74, 6) is 0. The van der Waals surface area contributed by atoms with Gasteiger partial charge in [0.05, 0.1) is 18.9 Å². The molecular formula is C9H13N5O2S. The highest BCUT2D eigenvalue weighted by Gasteiger charge is 2.13. The highest BCUT2D eigenvalue weighted by atomic mass is 32.2. The summed E-state index contributed by atoms with van der Waals surface area (Å²) in [4.78, 5) is 10.1. The molecule has 2 heterocycles. The van der Waals surface area contributed by atoms with E-state index in [1.165, 1.54) is 12.5 Å². The van der Waals surface area contributed by atoms with Gasteiger partial charge >= 0.3 is 0 Å². The summed E-state index contributed by atoms with van der Waals surface area (Å²) >= 11 is 0. The Balaban J connectivity index is 1.79. The Morgan fingerprint density at radius 2 is 2.29 bits per heavy atom. The first-order chi connectivity index (χ1) is 8.18. The Hall–Kier alpha value is -1.67. The van der Waals surface area contributed by atoms with E-state index in [0.717, 1.165) is 6.54 Å². The van der Waals surface area contributed by atoms with E-state index in [-0.39, 0.29) is 5.03 Å². The van der Waals surface area contributed by atoms with E-state index in [2.05, 4.69) is 19.7 Å². The number of aryl methyl sites for hydroxylation is 1. The first-order valence-electron chi connectivity index (χ1n) is 5.12. The average Bonchev–Trinajstić information content (AvgIpc) is 2.97. The van der Waals surface area contributed by atoms with Gasteiger partial charge < -0.3 is 9.55 Å². The van der Waals surface area contributed by atoms with Crippen LogP contribution >= 0.6 is 0 Å². The first kappa shape index (κ1) is 11.8. The number of imidazole rings is 2. The third kappa shape index (κ3) is 3.14. The molecule has 2 aromatic heterocycles. The maximum absolute atomic E-state index is 11.7. The summed E-state index contributed by atoms with van der Waals surface area (Å²) in [5, 5.41) is 0.0835. The first-order valence-corrected chi connectivity index (χ1v) is 6.60. The molecule has 0 saturated carbocycles. The predicted molar refractivity (Wildman–Crippen MR) is 60.6 cm³/mol. The summed E-state index contributed by atoms with van der Waals surface area (Å²) in [6.45, 7) is 1.10. The van der Waals surface area contributed by atoms with Crippen molar-refractivity contribution in [3.63, 3.8) is 0 Å². The van der Waals surface area contributed by atoms with Crippen LogP contribution in [0.3, 0.4) is 0 Å². The van der Waals surface area contributed by atoms with Gasteiger partial charge in [-0.3, -0.25) is 0 Å². The van der Waals surface area contributed by atoms with E-state index < -0.39 is 10.0 Å². The topological polar surface area (TPSA) is 92.7 Å². The van der Waals surface area contributed by atoms with Gasteiger partial charge in [0.25, 0.3) is 10.0 Å². The van der Waals surface area contributed by atoms with Crippen molar-refractivity contribution in [2.75, 3.05) is 6.54 Å². The van der Waals surface area contributed by atoms with Crippen LogP contribution in [-0.2, 0) is 16.6 Å². The lowest BCUT2D eigenvalue weighted by Gasteiger charge is -2.04. The van der Waals surface area contributed by atoms with E-state index >= 15 is 0 Å². The number of aromatic nitrogens is 4. The fourth-order valence-electron chi connectivity index (χ4n) is 1.35. The van der Waals surface area contributed by atoms with E-state index in [9.17, 15) is 8.42 Å². The standard InChI is InChI=1S/C9H13N5O2S/c15-17(16,9-6-11-7-12-9)13-2-1-4-14-5-3-10-8-14/h3,5-8,13H,1-2,4H2,(H,11,12). The molecule has 17 heavy (non-hydrogen) atoms. The second-order valence-corrected chi connectivity index (χ2v) is 5.20. The Morgan fingerprint density at radius 1 is 1.41 bits per heavy atom. The van der Waals surface area contributed by atoms with Crippen LogP contribution in [0.4, 0.5) is 0 Å². The summed E-state index contributed by atoms with van der Waals surface area (Å²) in [6.07, 6.45) is 8.53. The van der Waals surface area contributed by atoms with Crippen LogP contribution in [0.2, 0.25) is 0 Å². The predicted octanol–water partition coefficient (Wildman–Crippen LogP) is -0.0252. The highest BCUT2D eigenvalue weighted by Crippen LogP contribution is 2.01.